The van der Waals surface area contributed by atoms with Crippen molar-refractivity contribution in [2.75, 3.05) is 6.54 Å². The topological polar surface area (TPSA) is 49.4 Å². The first-order valence-corrected chi connectivity index (χ1v) is 8.08. The predicted molar refractivity (Wildman–Crippen MR) is 83.7 cm³/mol. The Bertz CT molecular complexity index is 419. The number of amides is 2. The molecule has 1 aliphatic heterocycles. The number of nitrogens with one attached hydrogen (secondary N) is 1. The first-order valence-electron chi connectivity index (χ1n) is 8.08. The normalized spacial score (nSPS) is 28.4. The Kier molecular flexibility index (Phi) is 4.74. The number of carbonyl (C=O) groups is 2. The van der Waals surface area contributed by atoms with Crippen LogP contribution >= 0.6 is 0 Å². The van der Waals surface area contributed by atoms with E-state index in [1.165, 1.54) is 6.42 Å². The second kappa shape index (κ2) is 6.20. The molecule has 21 heavy (non-hydrogen) atoms. The second-order valence-corrected chi connectivity index (χ2v) is 7.43. The van der Waals surface area contributed by atoms with Crippen LogP contribution < -0.4 is 5.32 Å². The van der Waals surface area contributed by atoms with Crippen LogP contribution in [0.4, 0.5) is 0 Å². The Balaban J connectivity index is 2.26. The lowest BCUT2D eigenvalue weighted by molar-refractivity contribution is -0.154. The highest BCUT2D eigenvalue weighted by molar-refractivity contribution is 5.97. The van der Waals surface area contributed by atoms with Crippen molar-refractivity contribution in [2.24, 2.45) is 11.3 Å². The van der Waals surface area contributed by atoms with Crippen molar-refractivity contribution in [2.45, 2.75) is 65.0 Å². The zero-order valence-electron chi connectivity index (χ0n) is 13.5. The number of hydrogen-bond acceptors (Lipinski definition) is 2. The molecular weight excluding hydrogens is 264 g/mol. The lowest BCUT2D eigenvalue weighted by Gasteiger charge is -2.46. The van der Waals surface area contributed by atoms with Gasteiger partial charge >= 0.3 is 0 Å². The summed E-state index contributed by atoms with van der Waals surface area (Å²) in [6.07, 6.45) is 7.37. The summed E-state index contributed by atoms with van der Waals surface area (Å²) < 4.78 is 0. The summed E-state index contributed by atoms with van der Waals surface area (Å²) in [6, 6.07) is -0.751. The fraction of sp³-hybridized carbons (Fsp3) is 0.765. The fourth-order valence-corrected chi connectivity index (χ4v) is 3.58. The zero-order chi connectivity index (χ0) is 15.6. The van der Waals surface area contributed by atoms with E-state index in [2.05, 4.69) is 11.9 Å². The van der Waals surface area contributed by atoms with Crippen molar-refractivity contribution in [3.8, 4) is 0 Å². The molecule has 2 fully saturated rings. The van der Waals surface area contributed by atoms with Gasteiger partial charge in [0.25, 0.3) is 0 Å². The molecule has 2 amide bonds. The van der Waals surface area contributed by atoms with Gasteiger partial charge in [-0.1, -0.05) is 46.1 Å². The van der Waals surface area contributed by atoms with Crippen molar-refractivity contribution in [3.05, 3.63) is 12.7 Å². The molecule has 0 aromatic rings. The Labute approximate surface area is 128 Å². The Morgan fingerprint density at radius 2 is 1.86 bits per heavy atom. The molecule has 1 saturated carbocycles. The third-order valence-corrected chi connectivity index (χ3v) is 4.71. The SMILES string of the molecule is C=CCN1C(=O)C(C(C)(C)C)NC(=O)C1C1CCCCC1. The largest absolute Gasteiger partial charge is 0.342 e. The van der Waals surface area contributed by atoms with E-state index in [9.17, 15) is 9.59 Å². The van der Waals surface area contributed by atoms with Crippen LogP contribution in [-0.4, -0.2) is 35.3 Å². The maximum Gasteiger partial charge on any atom is 0.246 e. The first-order chi connectivity index (χ1) is 9.86. The minimum absolute atomic E-state index is 0.0169. The summed E-state index contributed by atoms with van der Waals surface area (Å²) in [6.45, 7) is 10.2. The number of carbonyl (C=O) groups excluding carboxylic acids is 2. The minimum Gasteiger partial charge on any atom is -0.342 e. The lowest BCUT2D eigenvalue weighted by Crippen LogP contribution is -2.68. The maximum absolute atomic E-state index is 12.8. The van der Waals surface area contributed by atoms with E-state index in [0.29, 0.717) is 12.5 Å². The summed E-state index contributed by atoms with van der Waals surface area (Å²) >= 11 is 0. The zero-order valence-corrected chi connectivity index (χ0v) is 13.5. The maximum atomic E-state index is 12.8. The molecule has 1 N–H and O–H groups in total. The van der Waals surface area contributed by atoms with E-state index in [4.69, 9.17) is 0 Å². The summed E-state index contributed by atoms with van der Waals surface area (Å²) in [5, 5.41) is 2.98. The Morgan fingerprint density at radius 1 is 1.24 bits per heavy atom. The molecule has 1 saturated heterocycles. The van der Waals surface area contributed by atoms with Gasteiger partial charge in [0.15, 0.2) is 0 Å². The Hall–Kier alpha value is -1.32. The Morgan fingerprint density at radius 3 is 2.38 bits per heavy atom. The molecule has 1 aliphatic carbocycles. The molecule has 0 aromatic heterocycles. The van der Waals surface area contributed by atoms with Crippen molar-refractivity contribution in [3.63, 3.8) is 0 Å². The smallest absolute Gasteiger partial charge is 0.246 e. The van der Waals surface area contributed by atoms with Gasteiger partial charge in [0, 0.05) is 6.54 Å². The van der Waals surface area contributed by atoms with Crippen LogP contribution in [0.5, 0.6) is 0 Å². The van der Waals surface area contributed by atoms with Crippen LogP contribution in [0.3, 0.4) is 0 Å². The quantitative estimate of drug-likeness (QED) is 0.813. The van der Waals surface area contributed by atoms with Crippen LogP contribution in [0.2, 0.25) is 0 Å². The average Bonchev–Trinajstić information content (AvgIpc) is 2.42. The molecule has 4 nitrogen and oxygen atoms in total. The van der Waals surface area contributed by atoms with Gasteiger partial charge in [0.05, 0.1) is 0 Å². The number of piperazine rings is 1. The van der Waals surface area contributed by atoms with Crippen LogP contribution in [0.1, 0.15) is 52.9 Å². The molecule has 0 spiro atoms. The first kappa shape index (κ1) is 16.1. The number of hydrogen-bond donors (Lipinski definition) is 1. The molecular formula is C17H28N2O2. The van der Waals surface area contributed by atoms with E-state index >= 15 is 0 Å². The molecule has 2 unspecified atom stereocenters. The summed E-state index contributed by atoms with van der Waals surface area (Å²) in [5.41, 5.74) is -0.274. The standard InChI is InChI=1S/C17H28N2O2/c1-5-11-19-13(12-9-7-6-8-10-12)15(20)18-14(16(19)21)17(2,3)4/h5,12-14H,1,6-11H2,2-4H3,(H,18,20). The van der Waals surface area contributed by atoms with Crippen LogP contribution in [-0.2, 0) is 9.59 Å². The van der Waals surface area contributed by atoms with Gasteiger partial charge in [-0.15, -0.1) is 6.58 Å². The number of nitrogens with zero attached hydrogens (tertiary/aromatic N) is 1. The van der Waals surface area contributed by atoms with Gasteiger partial charge in [-0.05, 0) is 24.2 Å². The molecule has 2 atom stereocenters. The van der Waals surface area contributed by atoms with Crippen LogP contribution in [0.15, 0.2) is 12.7 Å². The van der Waals surface area contributed by atoms with Crippen LogP contribution in [0.25, 0.3) is 0 Å². The van der Waals surface area contributed by atoms with E-state index in [0.717, 1.165) is 25.7 Å². The molecule has 0 aromatic carbocycles. The van der Waals surface area contributed by atoms with Gasteiger partial charge in [-0.2, -0.15) is 0 Å². The highest BCUT2D eigenvalue weighted by Crippen LogP contribution is 2.33. The summed E-state index contributed by atoms with van der Waals surface area (Å²) in [7, 11) is 0. The molecule has 4 heteroatoms. The molecule has 0 bridgehead atoms. The minimum atomic E-state index is -0.440. The molecule has 2 rings (SSSR count). The predicted octanol–water partition coefficient (Wildman–Crippen LogP) is 2.49. The average molecular weight is 292 g/mol. The van der Waals surface area contributed by atoms with Crippen molar-refractivity contribution >= 4 is 11.8 Å². The highest BCUT2D eigenvalue weighted by atomic mass is 16.2. The van der Waals surface area contributed by atoms with Gasteiger partial charge in [-0.25, -0.2) is 0 Å². The van der Waals surface area contributed by atoms with Gasteiger partial charge in [-0.3, -0.25) is 9.59 Å². The van der Waals surface area contributed by atoms with E-state index < -0.39 is 6.04 Å². The van der Waals surface area contributed by atoms with Crippen molar-refractivity contribution < 1.29 is 9.59 Å². The van der Waals surface area contributed by atoms with Crippen molar-refractivity contribution in [1.29, 1.82) is 0 Å². The third kappa shape index (κ3) is 3.30. The molecule has 0 radical (unpaired) electrons. The van der Waals surface area contributed by atoms with Crippen LogP contribution in [0, 0.1) is 11.3 Å². The van der Waals surface area contributed by atoms with Gasteiger partial charge in [0.2, 0.25) is 11.8 Å². The third-order valence-electron chi connectivity index (χ3n) is 4.71. The van der Waals surface area contributed by atoms with Gasteiger partial charge < -0.3 is 10.2 Å². The van der Waals surface area contributed by atoms with Gasteiger partial charge in [0.1, 0.15) is 12.1 Å². The monoisotopic (exact) mass is 292 g/mol. The second-order valence-electron chi connectivity index (χ2n) is 7.43. The summed E-state index contributed by atoms with van der Waals surface area (Å²) in [5.74, 6) is 0.351. The lowest BCUT2D eigenvalue weighted by atomic mass is 9.78. The molecule has 1 heterocycles. The van der Waals surface area contributed by atoms with E-state index in [1.54, 1.807) is 11.0 Å². The highest BCUT2D eigenvalue weighted by Gasteiger charge is 2.47. The van der Waals surface area contributed by atoms with E-state index in [1.807, 2.05) is 20.8 Å². The molecule has 118 valence electrons. The summed E-state index contributed by atoms with van der Waals surface area (Å²) in [4.78, 5) is 27.2. The van der Waals surface area contributed by atoms with E-state index in [-0.39, 0.29) is 23.3 Å². The molecule has 2 aliphatic rings. The fourth-order valence-electron chi connectivity index (χ4n) is 3.58. The number of rotatable bonds is 3. The van der Waals surface area contributed by atoms with Crippen molar-refractivity contribution in [1.82, 2.24) is 10.2 Å².